The maximum absolute atomic E-state index is 13.1. The van der Waals surface area contributed by atoms with Gasteiger partial charge in [-0.15, -0.1) is 0 Å². The summed E-state index contributed by atoms with van der Waals surface area (Å²) in [5.74, 6) is 2.06. The molecule has 30 heavy (non-hydrogen) atoms. The lowest BCUT2D eigenvalue weighted by molar-refractivity contribution is -0.160. The first-order chi connectivity index (χ1) is 14.6. The Bertz CT molecular complexity index is 757. The number of nitrogens with zero attached hydrogens (tertiary/aromatic N) is 2. The van der Waals surface area contributed by atoms with E-state index < -0.39 is 0 Å². The SMILES string of the molecule is CSCCNC(=O)[C@H]1[C@H]2C[C@H](CN(CCc3ccc(O)cc3)C2)[C@@H]2CCCC(=O)N21. The molecule has 0 saturated carbocycles. The average molecular weight is 432 g/mol. The van der Waals surface area contributed by atoms with E-state index in [1.165, 1.54) is 5.56 Å². The van der Waals surface area contributed by atoms with Crippen molar-refractivity contribution in [1.82, 2.24) is 15.1 Å². The van der Waals surface area contributed by atoms with Crippen LogP contribution < -0.4 is 5.32 Å². The van der Waals surface area contributed by atoms with Crippen molar-refractivity contribution in [3.63, 3.8) is 0 Å². The zero-order chi connectivity index (χ0) is 21.1. The van der Waals surface area contributed by atoms with Crippen molar-refractivity contribution >= 4 is 23.6 Å². The van der Waals surface area contributed by atoms with Crippen molar-refractivity contribution in [2.75, 3.05) is 38.2 Å². The quantitative estimate of drug-likeness (QED) is 0.647. The van der Waals surface area contributed by atoms with Crippen molar-refractivity contribution in [2.45, 2.75) is 44.2 Å². The van der Waals surface area contributed by atoms with E-state index >= 15 is 0 Å². The monoisotopic (exact) mass is 431 g/mol. The number of aromatic hydroxyl groups is 1. The van der Waals surface area contributed by atoms with E-state index in [0.717, 1.165) is 51.1 Å². The van der Waals surface area contributed by atoms with Gasteiger partial charge in [-0.25, -0.2) is 0 Å². The molecule has 3 saturated heterocycles. The minimum Gasteiger partial charge on any atom is -0.508 e. The molecule has 1 aromatic rings. The van der Waals surface area contributed by atoms with Crippen LogP contribution >= 0.6 is 11.8 Å². The van der Waals surface area contributed by atoms with Gasteiger partial charge in [0.25, 0.3) is 0 Å². The highest BCUT2D eigenvalue weighted by molar-refractivity contribution is 7.98. The summed E-state index contributed by atoms with van der Waals surface area (Å²) < 4.78 is 0. The number of likely N-dealkylation sites (tertiary alicyclic amines) is 1. The molecular weight excluding hydrogens is 398 g/mol. The van der Waals surface area contributed by atoms with Crippen LogP contribution in [-0.4, -0.2) is 77.0 Å². The van der Waals surface area contributed by atoms with E-state index in [-0.39, 0.29) is 29.8 Å². The minimum absolute atomic E-state index is 0.0353. The molecule has 2 bridgehead atoms. The summed E-state index contributed by atoms with van der Waals surface area (Å²) in [6.07, 6.45) is 6.55. The molecule has 0 radical (unpaired) electrons. The Kier molecular flexibility index (Phi) is 6.88. The lowest BCUT2D eigenvalue weighted by atomic mass is 9.71. The number of fused-ring (bicyclic) bond motifs is 4. The van der Waals surface area contributed by atoms with E-state index in [9.17, 15) is 14.7 Å². The third kappa shape index (κ3) is 4.62. The second kappa shape index (κ2) is 9.60. The number of nitrogens with one attached hydrogen (secondary N) is 1. The van der Waals surface area contributed by atoms with Gasteiger partial charge in [0.15, 0.2) is 0 Å². The van der Waals surface area contributed by atoms with E-state index in [0.29, 0.717) is 24.6 Å². The number of benzene rings is 1. The summed E-state index contributed by atoms with van der Waals surface area (Å²) in [5.41, 5.74) is 1.21. The van der Waals surface area contributed by atoms with Gasteiger partial charge in [-0.05, 0) is 55.6 Å². The Labute approximate surface area is 183 Å². The van der Waals surface area contributed by atoms with Gasteiger partial charge < -0.3 is 20.2 Å². The topological polar surface area (TPSA) is 72.9 Å². The van der Waals surface area contributed by atoms with E-state index in [2.05, 4.69) is 10.2 Å². The number of hydrogen-bond donors (Lipinski definition) is 2. The van der Waals surface area contributed by atoms with Gasteiger partial charge in [-0.2, -0.15) is 11.8 Å². The first-order valence-corrected chi connectivity index (χ1v) is 12.5. The normalized spacial score (nSPS) is 28.8. The molecule has 0 spiro atoms. The Morgan fingerprint density at radius 2 is 2.00 bits per heavy atom. The Morgan fingerprint density at radius 1 is 1.23 bits per heavy atom. The van der Waals surface area contributed by atoms with Crippen LogP contribution in [-0.2, 0) is 16.0 Å². The van der Waals surface area contributed by atoms with Crippen LogP contribution in [0.3, 0.4) is 0 Å². The number of carbonyl (C=O) groups is 2. The molecule has 3 aliphatic rings. The summed E-state index contributed by atoms with van der Waals surface area (Å²) in [6, 6.07) is 7.31. The highest BCUT2D eigenvalue weighted by Gasteiger charge is 2.51. The molecule has 1 aromatic carbocycles. The minimum atomic E-state index is -0.322. The average Bonchev–Trinajstić information content (AvgIpc) is 2.74. The predicted molar refractivity (Wildman–Crippen MR) is 120 cm³/mol. The number of phenolic OH excluding ortho intramolecular Hbond substituents is 1. The second-order valence-corrected chi connectivity index (χ2v) is 9.91. The standard InChI is InChI=1S/C23H33N3O3S/c1-30-12-10-24-23(29)22-18-13-17(20-3-2-4-21(28)26(20)22)14-25(15-18)11-9-16-5-7-19(27)8-6-16/h5-8,17-18,20,22,27H,2-4,9-15H2,1H3,(H,24,29)/t17-,18+,20+,22-/m1/s1. The van der Waals surface area contributed by atoms with Crippen LogP contribution in [0, 0.1) is 11.8 Å². The first-order valence-electron chi connectivity index (χ1n) is 11.1. The van der Waals surface area contributed by atoms with Crippen LogP contribution in [0.4, 0.5) is 0 Å². The molecule has 0 aromatic heterocycles. The third-order valence-corrected chi connectivity index (χ3v) is 7.56. The number of carbonyl (C=O) groups excluding carboxylic acids is 2. The molecule has 2 N–H and O–H groups in total. The molecule has 3 aliphatic heterocycles. The first kappa shape index (κ1) is 21.5. The zero-order valence-corrected chi connectivity index (χ0v) is 18.6. The maximum atomic E-state index is 13.1. The maximum Gasteiger partial charge on any atom is 0.243 e. The van der Waals surface area contributed by atoms with Crippen molar-refractivity contribution in [3.05, 3.63) is 29.8 Å². The predicted octanol–water partition coefficient (Wildman–Crippen LogP) is 2.12. The van der Waals surface area contributed by atoms with Gasteiger partial charge in [0.05, 0.1) is 0 Å². The number of thioether (sulfide) groups is 1. The van der Waals surface area contributed by atoms with Gasteiger partial charge in [0, 0.05) is 50.3 Å². The lowest BCUT2D eigenvalue weighted by Crippen LogP contribution is -2.68. The summed E-state index contributed by atoms with van der Waals surface area (Å²) in [6.45, 7) is 3.47. The Morgan fingerprint density at radius 3 is 2.77 bits per heavy atom. The number of phenols is 1. The van der Waals surface area contributed by atoms with E-state index in [1.807, 2.05) is 23.3 Å². The van der Waals surface area contributed by atoms with Crippen molar-refractivity contribution < 1.29 is 14.7 Å². The van der Waals surface area contributed by atoms with Crippen molar-refractivity contribution in [3.8, 4) is 5.75 Å². The van der Waals surface area contributed by atoms with Gasteiger partial charge >= 0.3 is 0 Å². The van der Waals surface area contributed by atoms with Gasteiger partial charge in [-0.3, -0.25) is 9.59 Å². The van der Waals surface area contributed by atoms with Crippen LogP contribution in [0.25, 0.3) is 0 Å². The fourth-order valence-corrected chi connectivity index (χ4v) is 5.91. The smallest absolute Gasteiger partial charge is 0.243 e. The van der Waals surface area contributed by atoms with Gasteiger partial charge in [-0.1, -0.05) is 12.1 Å². The summed E-state index contributed by atoms with van der Waals surface area (Å²) in [7, 11) is 0. The molecule has 4 atom stereocenters. The molecule has 0 aliphatic carbocycles. The zero-order valence-electron chi connectivity index (χ0n) is 17.8. The molecule has 0 unspecified atom stereocenters. The van der Waals surface area contributed by atoms with Crippen LogP contribution in [0.1, 0.15) is 31.2 Å². The van der Waals surface area contributed by atoms with Crippen molar-refractivity contribution in [1.29, 1.82) is 0 Å². The highest BCUT2D eigenvalue weighted by Crippen LogP contribution is 2.41. The van der Waals surface area contributed by atoms with Crippen LogP contribution in [0.5, 0.6) is 5.75 Å². The lowest BCUT2D eigenvalue weighted by Gasteiger charge is -2.56. The molecule has 3 fully saturated rings. The fourth-order valence-electron chi connectivity index (χ4n) is 5.60. The van der Waals surface area contributed by atoms with Crippen molar-refractivity contribution in [2.24, 2.45) is 11.8 Å². The summed E-state index contributed by atoms with van der Waals surface area (Å²) >= 11 is 1.72. The Hall–Kier alpha value is -1.73. The summed E-state index contributed by atoms with van der Waals surface area (Å²) in [5, 5.41) is 12.6. The number of amides is 2. The second-order valence-electron chi connectivity index (χ2n) is 8.92. The Balaban J connectivity index is 1.47. The molecule has 164 valence electrons. The number of rotatable bonds is 7. The molecular formula is C23H33N3O3S. The van der Waals surface area contributed by atoms with Crippen LogP contribution in [0.2, 0.25) is 0 Å². The number of piperidine rings is 3. The highest BCUT2D eigenvalue weighted by atomic mass is 32.2. The largest absolute Gasteiger partial charge is 0.508 e. The molecule has 2 amide bonds. The van der Waals surface area contributed by atoms with Gasteiger partial charge in [0.2, 0.25) is 11.8 Å². The number of hydrogen-bond acceptors (Lipinski definition) is 5. The molecule has 4 rings (SSSR count). The van der Waals surface area contributed by atoms with E-state index in [4.69, 9.17) is 0 Å². The molecule has 3 heterocycles. The van der Waals surface area contributed by atoms with E-state index in [1.54, 1.807) is 23.9 Å². The van der Waals surface area contributed by atoms with Crippen LogP contribution in [0.15, 0.2) is 24.3 Å². The third-order valence-electron chi connectivity index (χ3n) is 6.94. The van der Waals surface area contributed by atoms with Gasteiger partial charge in [0.1, 0.15) is 11.8 Å². The summed E-state index contributed by atoms with van der Waals surface area (Å²) in [4.78, 5) is 30.4. The fraction of sp³-hybridized carbons (Fsp3) is 0.652. The molecule has 6 nitrogen and oxygen atoms in total. The molecule has 7 heteroatoms.